The van der Waals surface area contributed by atoms with Gasteiger partial charge in [-0.25, -0.2) is 19.3 Å². The van der Waals surface area contributed by atoms with Crippen LogP contribution in [0.15, 0.2) is 67.0 Å². The number of anilines is 4. The number of nitrogens with two attached hydrogens (primary N) is 2. The Bertz CT molecular complexity index is 4410. The third kappa shape index (κ3) is 18.1. The molecular weight excluding hydrogens is 1390 g/mol. The Morgan fingerprint density at radius 3 is 1.38 bits per heavy atom. The zero-order chi connectivity index (χ0) is 74.1. The van der Waals surface area contributed by atoms with E-state index in [2.05, 4.69) is 81.1 Å². The normalized spacial score (nSPS) is 20.3. The number of carbonyl (C=O) groups is 4. The molecule has 107 heavy (non-hydrogen) atoms. The predicted molar refractivity (Wildman–Crippen MR) is 381 cm³/mol. The smallest absolute Gasteiger partial charge is 0.406 e. The van der Waals surface area contributed by atoms with Crippen LogP contribution >= 0.6 is 0 Å². The largest absolute Gasteiger partial charge is 0.461 e. The second kappa shape index (κ2) is 33.2. The zero-order valence-electron chi connectivity index (χ0n) is 59.5. The summed E-state index contributed by atoms with van der Waals surface area (Å²) in [7, 11) is 1.07. The minimum atomic E-state index is -4.55. The van der Waals surface area contributed by atoms with Crippen molar-refractivity contribution in [1.29, 1.82) is 0 Å². The van der Waals surface area contributed by atoms with Gasteiger partial charge in [-0.3, -0.25) is 29.4 Å². The van der Waals surface area contributed by atoms with Crippen LogP contribution in [0.1, 0.15) is 160 Å². The number of piperidine rings is 3. The minimum absolute atomic E-state index is 0.0125. The number of aromatic amines is 2. The number of H-pyrrole nitrogens is 2. The molecule has 0 saturated carbocycles. The summed E-state index contributed by atoms with van der Waals surface area (Å²) in [4.78, 5) is 100. The lowest BCUT2D eigenvalue weighted by molar-refractivity contribution is -0.138. The maximum Gasteiger partial charge on any atom is 0.406 e. The van der Waals surface area contributed by atoms with Gasteiger partial charge in [0.15, 0.2) is 17.0 Å². The molecule has 0 radical (unpaired) electrons. The predicted octanol–water partition coefficient (Wildman–Crippen LogP) is 7.15. The fourth-order valence-corrected chi connectivity index (χ4v) is 14.5. The maximum absolute atomic E-state index is 13.4. The Morgan fingerprint density at radius 2 is 0.981 bits per heavy atom. The van der Waals surface area contributed by atoms with Gasteiger partial charge in [-0.05, 0) is 120 Å². The molecule has 8 saturated heterocycles. The van der Waals surface area contributed by atoms with Crippen molar-refractivity contribution in [3.05, 3.63) is 107 Å². The molecule has 35 heteroatoms. The van der Waals surface area contributed by atoms with Crippen molar-refractivity contribution in [3.63, 3.8) is 0 Å². The molecule has 8 aromatic heterocycles. The van der Waals surface area contributed by atoms with Gasteiger partial charge in [0.2, 0.25) is 0 Å². The molecule has 0 spiro atoms. The molecule has 8 aliphatic rings. The van der Waals surface area contributed by atoms with Gasteiger partial charge in [0.25, 0.3) is 23.6 Å². The van der Waals surface area contributed by atoms with Crippen molar-refractivity contribution in [2.45, 2.75) is 132 Å². The number of fused-ring (bicyclic) bond motifs is 2. The first-order valence-electron chi connectivity index (χ1n) is 36.7. The lowest BCUT2D eigenvalue weighted by Gasteiger charge is -2.35. The van der Waals surface area contributed by atoms with E-state index in [0.717, 1.165) is 169 Å². The molecule has 568 valence electrons. The van der Waals surface area contributed by atoms with Gasteiger partial charge in [-0.15, -0.1) is 0 Å². The van der Waals surface area contributed by atoms with E-state index < -0.39 is 30.7 Å². The number of nitrogen functional groups attached to an aromatic ring is 1. The number of nitrogens with one attached hydrogen (secondary N) is 2. The molecule has 31 nitrogen and oxygen atoms in total. The molecule has 16 rings (SSSR count). The van der Waals surface area contributed by atoms with Crippen LogP contribution in [-0.4, -0.2) is 253 Å². The number of alkyl halides is 4. The molecular formula is C72H87F4N21O10. The van der Waals surface area contributed by atoms with E-state index in [1.54, 1.807) is 30.6 Å². The number of aromatic nitrogens is 13. The topological polar surface area (TPSA) is 369 Å². The molecule has 8 aliphatic heterocycles. The van der Waals surface area contributed by atoms with Crippen molar-refractivity contribution in [3.8, 4) is 18.0 Å². The summed E-state index contributed by atoms with van der Waals surface area (Å²) in [5.41, 5.74) is 16.3. The van der Waals surface area contributed by atoms with Crippen LogP contribution in [0.5, 0.6) is 18.0 Å². The fourth-order valence-electron chi connectivity index (χ4n) is 14.5. The molecule has 8 fully saturated rings. The maximum atomic E-state index is 13.4. The lowest BCUT2D eigenvalue weighted by atomic mass is 9.92. The van der Waals surface area contributed by atoms with Gasteiger partial charge >= 0.3 is 24.2 Å². The highest BCUT2D eigenvalue weighted by molar-refractivity contribution is 5.96. The number of amides is 4. The molecule has 0 aliphatic carbocycles. The number of nitrogens with zero attached hydrogens (tertiary/aromatic N) is 17. The van der Waals surface area contributed by atoms with Crippen LogP contribution in [0.2, 0.25) is 0 Å². The number of carbonyl (C=O) groups excluding carboxylic acids is 4. The molecule has 6 N–H and O–H groups in total. The quantitative estimate of drug-likeness (QED) is 0.0550. The van der Waals surface area contributed by atoms with Crippen molar-refractivity contribution < 1.29 is 65.2 Å². The van der Waals surface area contributed by atoms with E-state index in [1.165, 1.54) is 11.0 Å². The molecule has 3 atom stereocenters. The van der Waals surface area contributed by atoms with Crippen molar-refractivity contribution in [2.75, 3.05) is 139 Å². The Labute approximate surface area is 613 Å². The number of hydrogen-bond donors (Lipinski definition) is 4. The van der Waals surface area contributed by atoms with E-state index in [4.69, 9.17) is 39.9 Å². The van der Waals surface area contributed by atoms with E-state index in [9.17, 15) is 36.7 Å². The summed E-state index contributed by atoms with van der Waals surface area (Å²) in [5.74, 6) is 0.561. The highest BCUT2D eigenvalue weighted by Crippen LogP contribution is 2.37. The van der Waals surface area contributed by atoms with Gasteiger partial charge in [0.1, 0.15) is 67.1 Å². The average molecular weight is 1480 g/mol. The standard InChI is InChI=1S/C24H30F3N7O4.C24H28FN7O3.C24H29N7O3/c1-33(13-24(25,26)27)22(36)18-11-19(32-23(31-18)38-12-15-3-2-10-37-15)34-8-6-14(7-9-34)17-5-4-16(28)20(30-17)21(29)35;25-16-12-32(13-16)23(33)19-11-20(28-24(27-19)35-14-17-3-2-10-34-17)31-8-5-15(6-9-31)21-18-4-1-7-26-22(18)30-29-21;32-23(31-9-3-10-31)19-14-20(27-24(26-19)34-15-17-4-2-13-33-17)30-11-6-16(7-12-30)21-18-5-1-8-25-22(18)29-28-21/h4-5,11,14-15H,2-3,6-10,12-13,28H2,1H3,(H2,29,35);1,4,7,11,15-17H,2-3,5-6,8-10,12-14H2,(H,26,29,30);1,5,8,14,16-17H,2-4,6-7,9-13,15H2,(H,25,28,29)/t15-;2*17-/m111/s1. The van der Waals surface area contributed by atoms with Gasteiger partial charge in [-0.2, -0.15) is 53.3 Å². The Morgan fingerprint density at radius 1 is 0.551 bits per heavy atom. The third-order valence-corrected chi connectivity index (χ3v) is 20.6. The number of likely N-dealkylation sites (tertiary alicyclic amines) is 2. The summed E-state index contributed by atoms with van der Waals surface area (Å²) < 4.78 is 86.3. The van der Waals surface area contributed by atoms with Gasteiger partial charge in [0, 0.05) is 155 Å². The number of primary amides is 1. The summed E-state index contributed by atoms with van der Waals surface area (Å²) in [6, 6.07) is 16.6. The van der Waals surface area contributed by atoms with E-state index in [-0.39, 0.29) is 96.5 Å². The average Bonchev–Trinajstić information content (AvgIpc) is 1.79. The highest BCUT2D eigenvalue weighted by atomic mass is 19.4. The Hall–Kier alpha value is -10.3. The van der Waals surface area contributed by atoms with Crippen LogP contribution in [0.4, 0.5) is 40.7 Å². The number of pyridine rings is 3. The fraction of sp³-hybridized carbons (Fsp3) is 0.542. The SMILES string of the molecule is CN(CC(F)(F)F)C(=O)c1cc(N2CCC(c3ccc(N)c(C(N)=O)n3)CC2)nc(OC[C@H]2CCCO2)n1.O=C(c1cc(N2CCC(c3[nH]nc4ncccc34)CC2)nc(OC[C@H]2CCCO2)n1)N1CC(F)C1.O=C(c1cc(N2CCC(c3[nH]nc4ncccc34)CC2)nc(OC[C@H]2CCCO2)n1)N1CCC1. The molecule has 8 aromatic rings. The summed E-state index contributed by atoms with van der Waals surface area (Å²) >= 11 is 0. The molecule has 0 aromatic carbocycles. The van der Waals surface area contributed by atoms with Crippen LogP contribution in [0.25, 0.3) is 22.1 Å². The third-order valence-electron chi connectivity index (χ3n) is 20.6. The summed E-state index contributed by atoms with van der Waals surface area (Å²) in [6.07, 6.45) is 9.65. The van der Waals surface area contributed by atoms with Crippen molar-refractivity contribution >= 4 is 68.8 Å². The number of halogens is 4. The first kappa shape index (κ1) is 73.6. The van der Waals surface area contributed by atoms with Gasteiger partial charge < -0.3 is 69.3 Å². The van der Waals surface area contributed by atoms with Crippen molar-refractivity contribution in [2.24, 2.45) is 5.73 Å². The number of rotatable bonds is 20. The second-order valence-corrected chi connectivity index (χ2v) is 28.1. The Balaban J connectivity index is 0.000000135. The van der Waals surface area contributed by atoms with Crippen LogP contribution in [0, 0.1) is 0 Å². The highest BCUT2D eigenvalue weighted by Gasteiger charge is 2.37. The van der Waals surface area contributed by atoms with E-state index >= 15 is 0 Å². The van der Waals surface area contributed by atoms with Crippen LogP contribution in [-0.2, 0) is 14.2 Å². The Kier molecular flexibility index (Phi) is 22.9. The first-order valence-corrected chi connectivity index (χ1v) is 36.7. The number of ether oxygens (including phenoxy) is 6. The van der Waals surface area contributed by atoms with E-state index in [1.807, 2.05) is 34.1 Å². The van der Waals surface area contributed by atoms with Crippen LogP contribution in [0.3, 0.4) is 0 Å². The van der Waals surface area contributed by atoms with E-state index in [0.29, 0.717) is 85.5 Å². The van der Waals surface area contributed by atoms with Crippen molar-refractivity contribution in [1.82, 2.24) is 80.0 Å². The van der Waals surface area contributed by atoms with Gasteiger partial charge in [0.05, 0.1) is 37.1 Å². The monoisotopic (exact) mass is 1480 g/mol. The zero-order valence-corrected chi connectivity index (χ0v) is 59.5. The minimum Gasteiger partial charge on any atom is -0.461 e. The number of hydrogen-bond acceptors (Lipinski definition) is 25. The summed E-state index contributed by atoms with van der Waals surface area (Å²) in [5, 5.41) is 17.2. The lowest BCUT2D eigenvalue weighted by Crippen LogP contribution is -2.51. The molecule has 16 heterocycles. The van der Waals surface area contributed by atoms with Crippen LogP contribution < -0.4 is 40.4 Å². The molecule has 4 amide bonds. The first-order chi connectivity index (χ1) is 51.9. The molecule has 0 bridgehead atoms. The molecule has 0 unspecified atom stereocenters. The second-order valence-electron chi connectivity index (χ2n) is 28.1. The summed E-state index contributed by atoms with van der Waals surface area (Å²) in [6.45, 7) is 7.58. The van der Waals surface area contributed by atoms with Gasteiger partial charge in [-0.1, -0.05) is 0 Å².